The third kappa shape index (κ3) is 4.54. The van der Waals surface area contributed by atoms with Crippen LogP contribution in [0.2, 0.25) is 0 Å². The van der Waals surface area contributed by atoms with Gasteiger partial charge in [-0.2, -0.15) is 0 Å². The first-order valence-electron chi connectivity index (χ1n) is 11.9. The zero-order valence-corrected chi connectivity index (χ0v) is 19.7. The minimum absolute atomic E-state index is 0.144. The lowest BCUT2D eigenvalue weighted by Crippen LogP contribution is -2.46. The Balaban J connectivity index is 1.74. The average Bonchev–Trinajstić information content (AvgIpc) is 2.85. The number of fused-ring (bicyclic) bond motifs is 3. The highest BCUT2D eigenvalue weighted by Crippen LogP contribution is 2.40. The van der Waals surface area contributed by atoms with Gasteiger partial charge in [-0.15, -0.1) is 0 Å². The van der Waals surface area contributed by atoms with E-state index in [4.69, 9.17) is 4.74 Å². The molecule has 0 bridgehead atoms. The van der Waals surface area contributed by atoms with Crippen LogP contribution < -0.4 is 5.32 Å². The Bertz CT molecular complexity index is 1030. The van der Waals surface area contributed by atoms with Crippen molar-refractivity contribution in [1.82, 2.24) is 15.2 Å². The molecule has 0 saturated heterocycles. The second-order valence-corrected chi connectivity index (χ2v) is 10.1. The predicted molar refractivity (Wildman–Crippen MR) is 127 cm³/mol. The van der Waals surface area contributed by atoms with Crippen molar-refractivity contribution in [2.75, 3.05) is 6.54 Å². The Morgan fingerprint density at radius 1 is 1.12 bits per heavy atom. The van der Waals surface area contributed by atoms with Gasteiger partial charge in [-0.05, 0) is 38.3 Å². The van der Waals surface area contributed by atoms with Crippen molar-refractivity contribution in [3.8, 4) is 0 Å². The number of hydrogen-bond acceptors (Lipinski definition) is 3. The van der Waals surface area contributed by atoms with Crippen LogP contribution in [0, 0.1) is 0 Å². The maximum Gasteiger partial charge on any atom is 0.342 e. The highest BCUT2D eigenvalue weighted by molar-refractivity contribution is 6.18. The van der Waals surface area contributed by atoms with E-state index in [-0.39, 0.29) is 23.6 Å². The highest BCUT2D eigenvalue weighted by atomic mass is 16.5. The van der Waals surface area contributed by atoms with Crippen LogP contribution >= 0.6 is 0 Å². The maximum atomic E-state index is 13.4. The second-order valence-electron chi connectivity index (χ2n) is 10.1. The third-order valence-corrected chi connectivity index (χ3v) is 6.51. The van der Waals surface area contributed by atoms with Crippen LogP contribution in [0.25, 0.3) is 16.5 Å². The van der Waals surface area contributed by atoms with E-state index in [1.165, 1.54) is 12.8 Å². The summed E-state index contributed by atoms with van der Waals surface area (Å²) in [5.74, 6) is -0.419. The van der Waals surface area contributed by atoms with Crippen molar-refractivity contribution in [1.29, 1.82) is 0 Å². The molecule has 1 aliphatic heterocycles. The first kappa shape index (κ1) is 22.4. The topological polar surface area (TPSA) is 74.4 Å². The first-order valence-corrected chi connectivity index (χ1v) is 11.9. The summed E-state index contributed by atoms with van der Waals surface area (Å²) in [6.07, 6.45) is 8.22. The number of ether oxygens (including phenoxy) is 1. The molecule has 1 saturated carbocycles. The quantitative estimate of drug-likeness (QED) is 0.493. The van der Waals surface area contributed by atoms with E-state index in [2.05, 4.69) is 30.2 Å². The molecule has 0 radical (unpaired) electrons. The van der Waals surface area contributed by atoms with Gasteiger partial charge in [0.1, 0.15) is 0 Å². The molecule has 2 aliphatic rings. The molecule has 0 spiro atoms. The highest BCUT2D eigenvalue weighted by Gasteiger charge is 2.37. The van der Waals surface area contributed by atoms with Crippen molar-refractivity contribution < 1.29 is 14.3 Å². The molecule has 2 heterocycles. The summed E-state index contributed by atoms with van der Waals surface area (Å²) >= 11 is 0. The number of carbonyl (C=O) groups is 2. The number of para-hydroxylation sites is 1. The van der Waals surface area contributed by atoms with Gasteiger partial charge in [0.25, 0.3) is 0 Å². The van der Waals surface area contributed by atoms with Crippen LogP contribution in [0.15, 0.2) is 30.5 Å². The molecular weight excluding hydrogens is 402 g/mol. The van der Waals surface area contributed by atoms with Crippen LogP contribution in [-0.2, 0) is 14.9 Å². The molecular formula is C26H35N3O3. The van der Waals surface area contributed by atoms with E-state index in [1.54, 1.807) is 11.1 Å². The fraction of sp³-hybridized carbons (Fsp3) is 0.538. The molecule has 0 unspecified atom stereocenters. The maximum absolute atomic E-state index is 13.4. The number of urea groups is 1. The number of hydrogen-bond donors (Lipinski definition) is 2. The monoisotopic (exact) mass is 437 g/mol. The summed E-state index contributed by atoms with van der Waals surface area (Å²) < 4.78 is 5.58. The van der Waals surface area contributed by atoms with Gasteiger partial charge in [0.05, 0.1) is 17.4 Å². The second kappa shape index (κ2) is 9.00. The molecule has 1 fully saturated rings. The number of rotatable bonds is 3. The molecule has 6 heteroatoms. The van der Waals surface area contributed by atoms with Gasteiger partial charge >= 0.3 is 12.0 Å². The number of benzene rings is 1. The lowest BCUT2D eigenvalue weighted by Gasteiger charge is -2.31. The molecule has 1 aromatic carbocycles. The number of amides is 2. The van der Waals surface area contributed by atoms with Gasteiger partial charge in [0.15, 0.2) is 0 Å². The summed E-state index contributed by atoms with van der Waals surface area (Å²) in [6.45, 7) is 8.40. The van der Waals surface area contributed by atoms with E-state index in [9.17, 15) is 9.59 Å². The van der Waals surface area contributed by atoms with E-state index < -0.39 is 5.97 Å². The fourth-order valence-corrected chi connectivity index (χ4v) is 5.06. The lowest BCUT2D eigenvalue weighted by molar-refractivity contribution is -0.140. The minimum atomic E-state index is -0.419. The Hall–Kier alpha value is -2.76. The van der Waals surface area contributed by atoms with Gasteiger partial charge in [-0.3, -0.25) is 4.90 Å². The third-order valence-electron chi connectivity index (χ3n) is 6.51. The Morgan fingerprint density at radius 3 is 2.50 bits per heavy atom. The summed E-state index contributed by atoms with van der Waals surface area (Å²) in [4.78, 5) is 31.6. The number of aromatic amines is 1. The van der Waals surface area contributed by atoms with Crippen LogP contribution in [0.5, 0.6) is 0 Å². The normalized spacial score (nSPS) is 19.2. The first-order chi connectivity index (χ1) is 15.3. The lowest BCUT2D eigenvalue weighted by atomic mass is 9.82. The van der Waals surface area contributed by atoms with Crippen molar-refractivity contribution in [2.24, 2.45) is 0 Å². The fourth-order valence-electron chi connectivity index (χ4n) is 5.06. The van der Waals surface area contributed by atoms with E-state index in [1.807, 2.05) is 32.0 Å². The molecule has 1 aliphatic carbocycles. The van der Waals surface area contributed by atoms with Crippen LogP contribution in [0.4, 0.5) is 4.79 Å². The molecule has 2 amide bonds. The average molecular weight is 438 g/mol. The molecule has 2 N–H and O–H groups in total. The van der Waals surface area contributed by atoms with Crippen molar-refractivity contribution in [3.05, 3.63) is 41.7 Å². The van der Waals surface area contributed by atoms with Gasteiger partial charge in [-0.1, -0.05) is 57.7 Å². The zero-order chi connectivity index (χ0) is 22.9. The molecule has 0 atom stereocenters. The largest absolute Gasteiger partial charge is 0.459 e. The number of H-pyrrole nitrogens is 1. The van der Waals surface area contributed by atoms with Gasteiger partial charge in [0.2, 0.25) is 0 Å². The van der Waals surface area contributed by atoms with E-state index in [0.29, 0.717) is 12.1 Å². The van der Waals surface area contributed by atoms with E-state index in [0.717, 1.165) is 47.8 Å². The molecule has 172 valence electrons. The zero-order valence-electron chi connectivity index (χ0n) is 19.7. The summed E-state index contributed by atoms with van der Waals surface area (Å²) in [5, 5.41) is 4.30. The summed E-state index contributed by atoms with van der Waals surface area (Å²) in [5.41, 5.74) is 2.79. The van der Waals surface area contributed by atoms with Gasteiger partial charge in [-0.25, -0.2) is 9.59 Å². The minimum Gasteiger partial charge on any atom is -0.459 e. The SMILES string of the molecule is CC(C)OC(=O)C1=CN(C(=O)NC2CCCCCC2)CC(C)(C)c2c1[nH]c1ccccc21. The Labute approximate surface area is 190 Å². The summed E-state index contributed by atoms with van der Waals surface area (Å²) in [7, 11) is 0. The van der Waals surface area contributed by atoms with Crippen molar-refractivity contribution in [3.63, 3.8) is 0 Å². The van der Waals surface area contributed by atoms with Gasteiger partial charge in [0, 0.05) is 35.1 Å². The van der Waals surface area contributed by atoms with Crippen LogP contribution in [-0.4, -0.2) is 40.6 Å². The summed E-state index contributed by atoms with van der Waals surface area (Å²) in [6, 6.07) is 8.11. The Kier molecular flexibility index (Phi) is 6.31. The predicted octanol–water partition coefficient (Wildman–Crippen LogP) is 5.49. The van der Waals surface area contributed by atoms with E-state index >= 15 is 0 Å². The molecule has 1 aromatic heterocycles. The molecule has 2 aromatic rings. The van der Waals surface area contributed by atoms with Crippen molar-refractivity contribution in [2.45, 2.75) is 83.8 Å². The molecule has 4 rings (SSSR count). The van der Waals surface area contributed by atoms with Crippen LogP contribution in [0.3, 0.4) is 0 Å². The van der Waals surface area contributed by atoms with Gasteiger partial charge < -0.3 is 15.0 Å². The Morgan fingerprint density at radius 2 is 1.81 bits per heavy atom. The number of nitrogens with zero attached hydrogens (tertiary/aromatic N) is 1. The smallest absolute Gasteiger partial charge is 0.342 e. The van der Waals surface area contributed by atoms with Crippen LogP contribution in [0.1, 0.15) is 77.5 Å². The number of esters is 1. The number of nitrogens with one attached hydrogen (secondary N) is 2. The number of aromatic nitrogens is 1. The number of carbonyl (C=O) groups excluding carboxylic acids is 2. The van der Waals surface area contributed by atoms with Crippen molar-refractivity contribution >= 4 is 28.5 Å². The molecule has 32 heavy (non-hydrogen) atoms. The standard InChI is InChI=1S/C26H35N3O3/c1-17(2)32-24(30)20-15-29(25(31)27-18-11-7-5-6-8-12-18)16-26(3,4)22-19-13-9-10-14-21(19)28-23(20)22/h9-10,13-15,17-18,28H,5-8,11-12,16H2,1-4H3,(H,27,31). The molecule has 6 nitrogen and oxygen atoms in total.